The number of carbonyl (C=O) groups excluding carboxylic acids is 1. The minimum Gasteiger partial charge on any atom is -0.458 e. The maximum Gasteiger partial charge on any atom is 0.334 e. The number of fused-ring (bicyclic) bond motifs is 6. The summed E-state index contributed by atoms with van der Waals surface area (Å²) in [6.45, 7) is 13.9. The molecule has 0 amide bonds. The van der Waals surface area contributed by atoms with Crippen LogP contribution in [0.15, 0.2) is 35.5 Å². The van der Waals surface area contributed by atoms with E-state index >= 15 is 0 Å². The molecular formula is C35H42N4O7. The lowest BCUT2D eigenvalue weighted by Gasteiger charge is -2.56. The Hall–Kier alpha value is -2.54. The third kappa shape index (κ3) is 2.88. The van der Waals surface area contributed by atoms with Gasteiger partial charge in [-0.05, 0) is 54.9 Å². The predicted octanol–water partition coefficient (Wildman–Crippen LogP) is 2.66. The molecule has 9 atom stereocenters. The first-order valence-corrected chi connectivity index (χ1v) is 17.4. The molecule has 11 heteroatoms. The summed E-state index contributed by atoms with van der Waals surface area (Å²) in [5.74, 6) is 0.309. The van der Waals surface area contributed by atoms with Crippen LogP contribution in [0.2, 0.25) is 0 Å². The molecule has 11 rings (SSSR count). The average molecular weight is 631 g/mol. The van der Waals surface area contributed by atoms with Crippen molar-refractivity contribution in [1.29, 1.82) is 0 Å². The maximum atomic E-state index is 12.6. The highest BCUT2D eigenvalue weighted by Crippen LogP contribution is 2.86. The van der Waals surface area contributed by atoms with E-state index in [1.807, 2.05) is 6.20 Å². The van der Waals surface area contributed by atoms with E-state index in [2.05, 4.69) is 53.5 Å². The Morgan fingerprint density at radius 3 is 2.78 bits per heavy atom. The highest BCUT2D eigenvalue weighted by atomic mass is 16.8. The standard InChI is InChI=1S/C35H42N4O7/c1-20(2)33-28(45-33)29-35(46-29)31(3)7-6-23-24(17-42-30(23)40)25(31)15-27-34(35,44-27)32(33)18-38(19-43-32)22-4-5-26-21(14-22)16-36-39(26)9-8-37-10-12-41-13-11-37/h4-5,14,16,20,25,27-29H,6-13,15,17-19H2,1-3H3/t25-,27-,28-,29+,31-,32-,33-,34+,35+/m0/s1. The second-order valence-corrected chi connectivity index (χ2v) is 15.8. The molecule has 0 radical (unpaired) electrons. The van der Waals surface area contributed by atoms with Crippen LogP contribution in [0.3, 0.4) is 0 Å². The fourth-order valence-corrected chi connectivity index (χ4v) is 11.7. The minimum atomic E-state index is -0.668. The van der Waals surface area contributed by atoms with Gasteiger partial charge in [0.05, 0.1) is 44.1 Å². The summed E-state index contributed by atoms with van der Waals surface area (Å²) < 4.78 is 41.4. The second-order valence-electron chi connectivity index (χ2n) is 15.8. The molecule has 244 valence electrons. The van der Waals surface area contributed by atoms with Gasteiger partial charge in [-0.3, -0.25) is 9.58 Å². The number of cyclic esters (lactones) is 1. The van der Waals surface area contributed by atoms with Crippen molar-refractivity contribution < 1.29 is 33.2 Å². The molecule has 3 aliphatic carbocycles. The molecule has 2 aromatic rings. The van der Waals surface area contributed by atoms with Crippen LogP contribution in [0.5, 0.6) is 0 Å². The lowest BCUT2D eigenvalue weighted by Crippen LogP contribution is -2.76. The first-order valence-electron chi connectivity index (χ1n) is 17.4. The van der Waals surface area contributed by atoms with Crippen LogP contribution in [0, 0.1) is 17.3 Å². The van der Waals surface area contributed by atoms with Crippen molar-refractivity contribution in [3.63, 3.8) is 0 Å². The Bertz CT molecular complexity index is 1740. The zero-order valence-corrected chi connectivity index (χ0v) is 26.8. The molecular weight excluding hydrogens is 588 g/mol. The Balaban J connectivity index is 0.939. The number of rotatable bonds is 5. The summed E-state index contributed by atoms with van der Waals surface area (Å²) in [5.41, 5.74) is 1.95. The number of aromatic nitrogens is 2. The van der Waals surface area contributed by atoms with Crippen LogP contribution in [-0.2, 0) is 39.8 Å². The van der Waals surface area contributed by atoms with Crippen LogP contribution in [-0.4, -0.2) is 114 Å². The SMILES string of the molecule is CC(C)[C@]12O[C@H]1[C@H]1O[C@]13[C@]1(O[C@H]1C[C@H]1C4=C(CC[C@@]13C)C(=O)OC4)[C@]21CN(c2ccc3c(cnn3CCN3CCOCC3)c2)CO1. The van der Waals surface area contributed by atoms with E-state index in [9.17, 15) is 4.79 Å². The van der Waals surface area contributed by atoms with Crippen LogP contribution >= 0.6 is 0 Å². The number of hydrogen-bond acceptors (Lipinski definition) is 10. The van der Waals surface area contributed by atoms with Gasteiger partial charge in [-0.2, -0.15) is 5.10 Å². The molecule has 7 heterocycles. The molecule has 0 bridgehead atoms. The number of nitrogens with zero attached hydrogens (tertiary/aromatic N) is 4. The summed E-state index contributed by atoms with van der Waals surface area (Å²) >= 11 is 0. The smallest absolute Gasteiger partial charge is 0.334 e. The van der Waals surface area contributed by atoms with E-state index in [0.717, 1.165) is 80.8 Å². The molecule has 0 unspecified atom stereocenters. The van der Waals surface area contributed by atoms with Crippen LogP contribution < -0.4 is 4.90 Å². The van der Waals surface area contributed by atoms with E-state index in [0.29, 0.717) is 19.9 Å². The zero-order chi connectivity index (χ0) is 30.8. The second kappa shape index (κ2) is 8.54. The summed E-state index contributed by atoms with van der Waals surface area (Å²) in [5, 5.41) is 5.90. The lowest BCUT2D eigenvalue weighted by atomic mass is 9.44. The van der Waals surface area contributed by atoms with Crippen molar-refractivity contribution in [1.82, 2.24) is 14.7 Å². The van der Waals surface area contributed by atoms with Crippen molar-refractivity contribution in [2.24, 2.45) is 17.3 Å². The van der Waals surface area contributed by atoms with Crippen molar-refractivity contribution >= 4 is 22.6 Å². The van der Waals surface area contributed by atoms with Gasteiger partial charge in [0.2, 0.25) is 0 Å². The first kappa shape index (κ1) is 27.4. The minimum absolute atomic E-state index is 0.00830. The maximum absolute atomic E-state index is 12.6. The van der Waals surface area contributed by atoms with Gasteiger partial charge in [0, 0.05) is 41.7 Å². The van der Waals surface area contributed by atoms with Crippen LogP contribution in [0.1, 0.15) is 40.0 Å². The van der Waals surface area contributed by atoms with Crippen molar-refractivity contribution in [2.75, 3.05) is 57.6 Å². The Morgan fingerprint density at radius 1 is 1.07 bits per heavy atom. The third-order valence-corrected chi connectivity index (χ3v) is 14.0. The van der Waals surface area contributed by atoms with Crippen LogP contribution in [0.25, 0.3) is 10.9 Å². The Kier molecular flexibility index (Phi) is 5.09. The molecule has 46 heavy (non-hydrogen) atoms. The van der Waals surface area contributed by atoms with Gasteiger partial charge < -0.3 is 33.3 Å². The number of epoxide rings is 3. The molecule has 1 aromatic heterocycles. The Morgan fingerprint density at radius 2 is 1.93 bits per heavy atom. The molecule has 7 fully saturated rings. The number of carbonyl (C=O) groups is 1. The molecule has 3 spiro atoms. The number of hydrogen-bond donors (Lipinski definition) is 0. The van der Waals surface area contributed by atoms with Gasteiger partial charge in [0.25, 0.3) is 0 Å². The van der Waals surface area contributed by atoms with E-state index in [1.165, 1.54) is 5.57 Å². The van der Waals surface area contributed by atoms with E-state index in [-0.39, 0.29) is 41.5 Å². The zero-order valence-electron chi connectivity index (χ0n) is 26.8. The van der Waals surface area contributed by atoms with E-state index in [4.69, 9.17) is 33.5 Å². The third-order valence-electron chi connectivity index (χ3n) is 14.0. The molecule has 11 nitrogen and oxygen atoms in total. The molecule has 9 aliphatic rings. The van der Waals surface area contributed by atoms with Gasteiger partial charge >= 0.3 is 5.97 Å². The summed E-state index contributed by atoms with van der Waals surface area (Å²) in [4.78, 5) is 17.4. The number of esters is 1. The normalized spacial score (nSPS) is 46.5. The molecule has 2 saturated carbocycles. The number of morpholine rings is 1. The molecule has 0 N–H and O–H groups in total. The monoisotopic (exact) mass is 630 g/mol. The molecule has 1 aromatic carbocycles. The Labute approximate surface area is 268 Å². The molecule has 5 saturated heterocycles. The topological polar surface area (TPSA) is 107 Å². The van der Waals surface area contributed by atoms with Crippen molar-refractivity contribution in [3.8, 4) is 0 Å². The van der Waals surface area contributed by atoms with Gasteiger partial charge in [-0.1, -0.05) is 20.8 Å². The highest BCUT2D eigenvalue weighted by Gasteiger charge is 3.05. The highest BCUT2D eigenvalue weighted by molar-refractivity contribution is 5.92. The summed E-state index contributed by atoms with van der Waals surface area (Å²) in [6.07, 6.45) is 4.42. The van der Waals surface area contributed by atoms with Gasteiger partial charge in [0.15, 0.2) is 11.2 Å². The fourth-order valence-electron chi connectivity index (χ4n) is 11.7. The predicted molar refractivity (Wildman–Crippen MR) is 164 cm³/mol. The lowest BCUT2D eigenvalue weighted by molar-refractivity contribution is -0.168. The fraction of sp³-hybridized carbons (Fsp3) is 0.714. The van der Waals surface area contributed by atoms with Crippen LogP contribution in [0.4, 0.5) is 5.69 Å². The first-order chi connectivity index (χ1) is 22.3. The average Bonchev–Trinajstić information content (AvgIpc) is 4.00. The van der Waals surface area contributed by atoms with Gasteiger partial charge in [-0.15, -0.1) is 0 Å². The number of ether oxygens (including phenoxy) is 6. The van der Waals surface area contributed by atoms with Crippen molar-refractivity contribution in [3.05, 3.63) is 35.5 Å². The number of anilines is 1. The molecule has 6 aliphatic heterocycles. The number of benzene rings is 1. The summed E-state index contributed by atoms with van der Waals surface area (Å²) in [7, 11) is 0. The van der Waals surface area contributed by atoms with Gasteiger partial charge in [0.1, 0.15) is 36.7 Å². The van der Waals surface area contributed by atoms with Crippen molar-refractivity contribution in [2.45, 2.75) is 87.3 Å². The largest absolute Gasteiger partial charge is 0.458 e. The summed E-state index contributed by atoms with van der Waals surface area (Å²) in [6, 6.07) is 6.68. The van der Waals surface area contributed by atoms with Gasteiger partial charge in [-0.25, -0.2) is 4.79 Å². The van der Waals surface area contributed by atoms with E-state index in [1.54, 1.807) is 0 Å². The van der Waals surface area contributed by atoms with E-state index < -0.39 is 22.4 Å². The quantitative estimate of drug-likeness (QED) is 0.362.